The fourth-order valence-corrected chi connectivity index (χ4v) is 7.62. The number of nitrogens with zero attached hydrogens (tertiary/aromatic N) is 2. The molecule has 0 saturated carbocycles. The van der Waals surface area contributed by atoms with E-state index in [2.05, 4.69) is 22.5 Å². The standard InChI is InChI=1S/C30H33N5O5S/c1-3-24(37)34-15-18(14-19(36)16-34)32-28(38)27-26-25-23(11-12-31-29(25)41-27)35(30(39)33-26)22-10-9-21(13-17(22)2)40-20-7-5-4-6-8-20/h3-10,13,18-19,23,25,29,31,36H,1,11-12,14-16H2,2H3,(H,32,38)(H,33,39)/t18-,19+,23?,25?,29?/m1/s1. The molecule has 0 aromatic heterocycles. The SMILES string of the molecule is C=CC(=O)N1C[C@@H](O)C[C@@H](NC(=O)C2=C3NC(=O)N(c4ccc(Oc5ccccc5)cc4C)C4CCNC(S2)C34)C1. The van der Waals surface area contributed by atoms with Crippen molar-refractivity contribution < 1.29 is 24.2 Å². The molecule has 4 heterocycles. The second-order valence-electron chi connectivity index (χ2n) is 10.8. The summed E-state index contributed by atoms with van der Waals surface area (Å²) < 4.78 is 5.99. The van der Waals surface area contributed by atoms with Gasteiger partial charge in [0.15, 0.2) is 0 Å². The van der Waals surface area contributed by atoms with Crippen LogP contribution in [0.5, 0.6) is 11.5 Å². The second kappa shape index (κ2) is 11.2. The first-order valence-electron chi connectivity index (χ1n) is 13.8. The number of aryl methyl sites for hydroxylation is 1. The maximum absolute atomic E-state index is 13.6. The molecule has 0 radical (unpaired) electrons. The average molecular weight is 576 g/mol. The van der Waals surface area contributed by atoms with Crippen LogP contribution in [0.4, 0.5) is 10.5 Å². The summed E-state index contributed by atoms with van der Waals surface area (Å²) in [5.74, 6) is 0.742. The number of β-amino-alcohol motifs (C(OH)–C–C–N with tert-alkyl or cyclic N) is 1. The fraction of sp³-hybridized carbons (Fsp3) is 0.367. The van der Waals surface area contributed by atoms with Crippen molar-refractivity contribution in [1.29, 1.82) is 0 Å². The number of nitrogens with one attached hydrogen (secondary N) is 3. The van der Waals surface area contributed by atoms with Crippen molar-refractivity contribution in [2.45, 2.75) is 43.3 Å². The quantitative estimate of drug-likeness (QED) is 0.391. The zero-order chi connectivity index (χ0) is 28.7. The molecule has 4 aliphatic heterocycles. The summed E-state index contributed by atoms with van der Waals surface area (Å²) in [5.41, 5.74) is 2.35. The van der Waals surface area contributed by atoms with E-state index in [1.54, 1.807) is 0 Å². The van der Waals surface area contributed by atoms with Gasteiger partial charge in [-0.25, -0.2) is 4.79 Å². The van der Waals surface area contributed by atoms with Crippen LogP contribution in [0.3, 0.4) is 0 Å². The van der Waals surface area contributed by atoms with E-state index in [-0.39, 0.29) is 48.3 Å². The number of anilines is 1. The monoisotopic (exact) mass is 575 g/mol. The molecule has 10 nitrogen and oxygen atoms in total. The Labute approximate surface area is 242 Å². The van der Waals surface area contributed by atoms with Gasteiger partial charge in [-0.05, 0) is 68.3 Å². The Hall–Kier alpha value is -3.80. The lowest BCUT2D eigenvalue weighted by Crippen LogP contribution is -2.62. The number of aliphatic hydroxyl groups excluding tert-OH is 1. The molecular weight excluding hydrogens is 542 g/mol. The van der Waals surface area contributed by atoms with Crippen molar-refractivity contribution in [3.8, 4) is 11.5 Å². The molecule has 41 heavy (non-hydrogen) atoms. The van der Waals surface area contributed by atoms with E-state index in [1.807, 2.05) is 60.4 Å². The number of aliphatic hydroxyl groups is 1. The molecule has 4 amide bonds. The Morgan fingerprint density at radius 2 is 1.98 bits per heavy atom. The smallest absolute Gasteiger partial charge is 0.326 e. The summed E-state index contributed by atoms with van der Waals surface area (Å²) in [7, 11) is 0. The molecule has 5 atom stereocenters. The van der Waals surface area contributed by atoms with Gasteiger partial charge in [0.2, 0.25) is 5.91 Å². The molecule has 11 heteroatoms. The summed E-state index contributed by atoms with van der Waals surface area (Å²) in [6.45, 7) is 6.70. The second-order valence-corrected chi connectivity index (χ2v) is 11.9. The summed E-state index contributed by atoms with van der Waals surface area (Å²) in [5, 5.41) is 19.8. The number of piperidine rings is 2. The van der Waals surface area contributed by atoms with E-state index in [4.69, 9.17) is 4.74 Å². The van der Waals surface area contributed by atoms with Crippen LogP contribution < -0.4 is 25.6 Å². The van der Waals surface area contributed by atoms with Crippen LogP contribution >= 0.6 is 11.8 Å². The lowest BCUT2D eigenvalue weighted by Gasteiger charge is -2.46. The van der Waals surface area contributed by atoms with Crippen molar-refractivity contribution in [3.63, 3.8) is 0 Å². The predicted octanol–water partition coefficient (Wildman–Crippen LogP) is 2.84. The number of benzene rings is 2. The minimum atomic E-state index is -0.740. The van der Waals surface area contributed by atoms with Crippen molar-refractivity contribution in [2.75, 3.05) is 24.5 Å². The normalized spacial score (nSPS) is 27.2. The topological polar surface area (TPSA) is 123 Å². The summed E-state index contributed by atoms with van der Waals surface area (Å²) in [6.07, 6.45) is 1.55. The molecule has 4 N–H and O–H groups in total. The molecule has 3 unspecified atom stereocenters. The highest BCUT2D eigenvalue weighted by Gasteiger charge is 2.52. The Morgan fingerprint density at radius 3 is 2.73 bits per heavy atom. The van der Waals surface area contributed by atoms with Crippen molar-refractivity contribution in [3.05, 3.63) is 77.4 Å². The zero-order valence-electron chi connectivity index (χ0n) is 22.7. The van der Waals surface area contributed by atoms with Gasteiger partial charge in [-0.2, -0.15) is 0 Å². The third-order valence-electron chi connectivity index (χ3n) is 8.00. The number of thioether (sulfide) groups is 1. The molecule has 6 rings (SSSR count). The van der Waals surface area contributed by atoms with Gasteiger partial charge in [0.05, 0.1) is 22.4 Å². The molecule has 0 spiro atoms. The number of amides is 4. The number of carbonyl (C=O) groups excluding carboxylic acids is 3. The molecule has 4 aliphatic rings. The molecule has 214 valence electrons. The van der Waals surface area contributed by atoms with Crippen LogP contribution in [0.2, 0.25) is 0 Å². The van der Waals surface area contributed by atoms with Gasteiger partial charge in [-0.1, -0.05) is 36.5 Å². The van der Waals surface area contributed by atoms with Crippen LogP contribution in [0.15, 0.2) is 71.8 Å². The number of para-hydroxylation sites is 1. The summed E-state index contributed by atoms with van der Waals surface area (Å²) in [4.78, 5) is 43.0. The molecule has 3 fully saturated rings. The number of hydrogen-bond acceptors (Lipinski definition) is 7. The van der Waals surface area contributed by atoms with E-state index < -0.39 is 12.1 Å². The number of carbonyl (C=O) groups is 3. The predicted molar refractivity (Wildman–Crippen MR) is 156 cm³/mol. The van der Waals surface area contributed by atoms with Crippen LogP contribution in [-0.4, -0.2) is 71.0 Å². The lowest BCUT2D eigenvalue weighted by atomic mass is 9.86. The van der Waals surface area contributed by atoms with Gasteiger partial charge >= 0.3 is 6.03 Å². The van der Waals surface area contributed by atoms with E-state index in [9.17, 15) is 19.5 Å². The molecule has 2 aromatic rings. The Morgan fingerprint density at radius 1 is 1.17 bits per heavy atom. The third kappa shape index (κ3) is 5.32. The van der Waals surface area contributed by atoms with Crippen LogP contribution in [0, 0.1) is 12.8 Å². The first kappa shape index (κ1) is 27.4. The van der Waals surface area contributed by atoms with Crippen LogP contribution in [0.1, 0.15) is 18.4 Å². The fourth-order valence-electron chi connectivity index (χ4n) is 6.23. The molecule has 3 saturated heterocycles. The number of hydrogen-bond donors (Lipinski definition) is 4. The first-order chi connectivity index (χ1) is 19.8. The van der Waals surface area contributed by atoms with E-state index in [0.717, 1.165) is 23.4 Å². The van der Waals surface area contributed by atoms with Gasteiger partial charge in [-0.15, -0.1) is 0 Å². The molecule has 2 aromatic carbocycles. The third-order valence-corrected chi connectivity index (χ3v) is 9.36. The molecule has 0 bridgehead atoms. The number of rotatable bonds is 6. The van der Waals surface area contributed by atoms with Gasteiger partial charge in [0.25, 0.3) is 5.91 Å². The minimum Gasteiger partial charge on any atom is -0.457 e. The zero-order valence-corrected chi connectivity index (χ0v) is 23.5. The van der Waals surface area contributed by atoms with E-state index in [1.165, 1.54) is 22.7 Å². The van der Waals surface area contributed by atoms with Gasteiger partial charge in [0, 0.05) is 36.4 Å². The van der Waals surface area contributed by atoms with Crippen molar-refractivity contribution in [1.82, 2.24) is 20.9 Å². The minimum absolute atomic E-state index is 0.0654. The summed E-state index contributed by atoms with van der Waals surface area (Å²) in [6, 6.07) is 14.5. The van der Waals surface area contributed by atoms with E-state index >= 15 is 0 Å². The Balaban J connectivity index is 1.22. The molecule has 0 aliphatic carbocycles. The highest BCUT2D eigenvalue weighted by Crippen LogP contribution is 2.48. The summed E-state index contributed by atoms with van der Waals surface area (Å²) >= 11 is 1.42. The van der Waals surface area contributed by atoms with Gasteiger partial charge in [-0.3, -0.25) is 14.5 Å². The van der Waals surface area contributed by atoms with E-state index in [0.29, 0.717) is 29.3 Å². The number of ether oxygens (including phenoxy) is 1. The maximum atomic E-state index is 13.6. The average Bonchev–Trinajstić information content (AvgIpc) is 3.33. The highest BCUT2D eigenvalue weighted by atomic mass is 32.2. The van der Waals surface area contributed by atoms with Gasteiger partial charge < -0.3 is 30.7 Å². The first-order valence-corrected chi connectivity index (χ1v) is 14.7. The highest BCUT2D eigenvalue weighted by molar-refractivity contribution is 8.04. The lowest BCUT2D eigenvalue weighted by molar-refractivity contribution is -0.130. The van der Waals surface area contributed by atoms with Gasteiger partial charge in [0.1, 0.15) is 11.5 Å². The van der Waals surface area contributed by atoms with Crippen LogP contribution in [0.25, 0.3) is 0 Å². The Bertz CT molecular complexity index is 1420. The number of likely N-dealkylation sites (tertiary alicyclic amines) is 1. The maximum Gasteiger partial charge on any atom is 0.326 e. The Kier molecular flexibility index (Phi) is 7.50. The van der Waals surface area contributed by atoms with Crippen LogP contribution in [-0.2, 0) is 9.59 Å². The molecular formula is C30H33N5O5S. The largest absolute Gasteiger partial charge is 0.457 e. The van der Waals surface area contributed by atoms with Crippen molar-refractivity contribution >= 4 is 35.3 Å². The number of urea groups is 1. The van der Waals surface area contributed by atoms with Crippen molar-refractivity contribution in [2.24, 2.45) is 5.92 Å².